The topological polar surface area (TPSA) is 57.6 Å². The van der Waals surface area contributed by atoms with Gasteiger partial charge in [-0.2, -0.15) is 0 Å². The van der Waals surface area contributed by atoms with Crippen molar-refractivity contribution in [3.05, 3.63) is 0 Å². The van der Waals surface area contributed by atoms with E-state index < -0.39 is 11.5 Å². The van der Waals surface area contributed by atoms with Crippen LogP contribution in [0, 0.1) is 5.41 Å². The van der Waals surface area contributed by atoms with Gasteiger partial charge in [-0.25, -0.2) is 9.69 Å². The van der Waals surface area contributed by atoms with Crippen LogP contribution in [-0.4, -0.2) is 28.6 Å². The minimum absolute atomic E-state index is 0.277. The van der Waals surface area contributed by atoms with Crippen LogP contribution < -0.4 is 0 Å². The third-order valence-corrected chi connectivity index (χ3v) is 2.24. The number of carbonyl (C=O) groups excluding carboxylic acids is 1. The van der Waals surface area contributed by atoms with Gasteiger partial charge in [-0.1, -0.05) is 13.8 Å². The highest BCUT2D eigenvalue weighted by Crippen LogP contribution is 2.29. The van der Waals surface area contributed by atoms with E-state index in [2.05, 4.69) is 0 Å². The van der Waals surface area contributed by atoms with E-state index in [4.69, 9.17) is 5.11 Å². The number of piperidine rings is 1. The van der Waals surface area contributed by atoms with Crippen molar-refractivity contribution in [2.24, 2.45) is 5.41 Å². The fourth-order valence-corrected chi connectivity index (χ4v) is 1.44. The Kier molecular flexibility index (Phi) is 2.08. The molecule has 0 aromatic rings. The van der Waals surface area contributed by atoms with E-state index in [1.165, 1.54) is 0 Å². The molecular weight excluding hydrogens is 158 g/mol. The fraction of sp³-hybridized carbons (Fsp3) is 0.750. The van der Waals surface area contributed by atoms with Gasteiger partial charge in [0, 0.05) is 12.0 Å². The van der Waals surface area contributed by atoms with Gasteiger partial charge in [0.15, 0.2) is 0 Å². The van der Waals surface area contributed by atoms with Crippen molar-refractivity contribution in [1.29, 1.82) is 0 Å². The average Bonchev–Trinajstić information content (AvgIpc) is 1.94. The lowest BCUT2D eigenvalue weighted by Crippen LogP contribution is -2.48. The van der Waals surface area contributed by atoms with E-state index in [0.717, 1.165) is 17.7 Å². The molecule has 1 aliphatic rings. The van der Waals surface area contributed by atoms with Crippen LogP contribution >= 0.6 is 0 Å². The predicted octanol–water partition coefficient (Wildman–Crippen LogP) is 1.31. The van der Waals surface area contributed by atoms with Crippen molar-refractivity contribution < 1.29 is 14.7 Å². The molecule has 1 saturated heterocycles. The van der Waals surface area contributed by atoms with Crippen molar-refractivity contribution in [2.45, 2.75) is 26.7 Å². The number of likely N-dealkylation sites (tertiary alicyclic amines) is 1. The van der Waals surface area contributed by atoms with E-state index in [9.17, 15) is 9.59 Å². The molecule has 0 bridgehead atoms. The van der Waals surface area contributed by atoms with Crippen molar-refractivity contribution in [3.63, 3.8) is 0 Å². The molecule has 0 saturated carbocycles. The van der Waals surface area contributed by atoms with Crippen molar-refractivity contribution >= 4 is 12.0 Å². The van der Waals surface area contributed by atoms with E-state index in [1.807, 2.05) is 0 Å². The van der Waals surface area contributed by atoms with Crippen molar-refractivity contribution in [3.8, 4) is 0 Å². The maximum Gasteiger partial charge on any atom is 0.414 e. The SMILES string of the molecule is CC1(C)CCCN(C(=O)O)C1=O. The lowest BCUT2D eigenvalue weighted by atomic mass is 9.83. The number of rotatable bonds is 0. The van der Waals surface area contributed by atoms with Gasteiger partial charge < -0.3 is 5.11 Å². The highest BCUT2D eigenvalue weighted by Gasteiger charge is 2.38. The predicted molar refractivity (Wildman–Crippen MR) is 42.8 cm³/mol. The Balaban J connectivity index is 2.80. The van der Waals surface area contributed by atoms with Crippen LogP contribution in [0.15, 0.2) is 0 Å². The molecule has 4 heteroatoms. The molecule has 68 valence electrons. The molecule has 0 aliphatic carbocycles. The third-order valence-electron chi connectivity index (χ3n) is 2.24. The minimum Gasteiger partial charge on any atom is -0.465 e. The zero-order valence-corrected chi connectivity index (χ0v) is 7.33. The minimum atomic E-state index is -1.13. The molecular formula is C8H13NO3. The summed E-state index contributed by atoms with van der Waals surface area (Å²) >= 11 is 0. The van der Waals surface area contributed by atoms with Gasteiger partial charge >= 0.3 is 6.09 Å². The van der Waals surface area contributed by atoms with Crippen LogP contribution in [0.2, 0.25) is 0 Å². The first-order valence-electron chi connectivity index (χ1n) is 4.00. The summed E-state index contributed by atoms with van der Waals surface area (Å²) in [6, 6.07) is 0. The van der Waals surface area contributed by atoms with Gasteiger partial charge in [0.2, 0.25) is 5.91 Å². The Morgan fingerprint density at radius 3 is 2.58 bits per heavy atom. The summed E-state index contributed by atoms with van der Waals surface area (Å²) in [5.41, 5.74) is -0.503. The molecule has 1 rings (SSSR count). The smallest absolute Gasteiger partial charge is 0.414 e. The first-order valence-corrected chi connectivity index (χ1v) is 4.00. The Hall–Kier alpha value is -1.06. The lowest BCUT2D eigenvalue weighted by Gasteiger charge is -2.33. The molecule has 0 radical (unpaired) electrons. The van der Waals surface area contributed by atoms with E-state index in [0.29, 0.717) is 6.54 Å². The molecule has 2 amide bonds. The van der Waals surface area contributed by atoms with Crippen LogP contribution in [-0.2, 0) is 4.79 Å². The molecule has 0 aromatic heterocycles. The largest absolute Gasteiger partial charge is 0.465 e. The first-order chi connectivity index (χ1) is 5.45. The zero-order chi connectivity index (χ0) is 9.35. The Labute approximate surface area is 71.2 Å². The standard InChI is InChI=1S/C8H13NO3/c1-8(2)4-3-5-9(6(8)10)7(11)12/h3-5H2,1-2H3,(H,11,12). The second-order valence-electron chi connectivity index (χ2n) is 3.73. The van der Waals surface area contributed by atoms with Crippen molar-refractivity contribution in [1.82, 2.24) is 4.90 Å². The second kappa shape index (κ2) is 2.77. The van der Waals surface area contributed by atoms with Gasteiger partial charge in [-0.3, -0.25) is 4.79 Å². The molecule has 1 fully saturated rings. The summed E-state index contributed by atoms with van der Waals surface area (Å²) in [4.78, 5) is 22.9. The maximum atomic E-state index is 11.4. The molecule has 12 heavy (non-hydrogen) atoms. The quantitative estimate of drug-likeness (QED) is 0.597. The highest BCUT2D eigenvalue weighted by molar-refractivity contribution is 5.94. The monoisotopic (exact) mass is 171 g/mol. The zero-order valence-electron chi connectivity index (χ0n) is 7.33. The summed E-state index contributed by atoms with van der Waals surface area (Å²) in [5.74, 6) is -0.277. The first kappa shape index (κ1) is 9.03. The number of hydrogen-bond acceptors (Lipinski definition) is 2. The molecule has 0 aromatic carbocycles. The molecule has 0 atom stereocenters. The summed E-state index contributed by atoms with van der Waals surface area (Å²) < 4.78 is 0. The molecule has 1 aliphatic heterocycles. The average molecular weight is 171 g/mol. The number of carboxylic acid groups (broad SMARTS) is 1. The Bertz CT molecular complexity index is 222. The van der Waals surface area contributed by atoms with E-state index in [-0.39, 0.29) is 5.91 Å². The second-order valence-corrected chi connectivity index (χ2v) is 3.73. The molecule has 4 nitrogen and oxygen atoms in total. The normalized spacial score (nSPS) is 22.5. The van der Waals surface area contributed by atoms with Gasteiger partial charge in [-0.15, -0.1) is 0 Å². The number of hydrogen-bond donors (Lipinski definition) is 1. The maximum absolute atomic E-state index is 11.4. The van der Waals surface area contributed by atoms with Crippen LogP contribution in [0.25, 0.3) is 0 Å². The molecule has 0 unspecified atom stereocenters. The van der Waals surface area contributed by atoms with E-state index >= 15 is 0 Å². The number of nitrogens with zero attached hydrogens (tertiary/aromatic N) is 1. The number of carbonyl (C=O) groups is 2. The van der Waals surface area contributed by atoms with Crippen LogP contribution in [0.4, 0.5) is 4.79 Å². The summed E-state index contributed by atoms with van der Waals surface area (Å²) in [7, 11) is 0. The molecule has 1 N–H and O–H groups in total. The van der Waals surface area contributed by atoms with Gasteiger partial charge in [-0.05, 0) is 12.8 Å². The highest BCUT2D eigenvalue weighted by atomic mass is 16.4. The summed E-state index contributed by atoms with van der Waals surface area (Å²) in [6.07, 6.45) is 0.411. The van der Waals surface area contributed by atoms with Gasteiger partial charge in [0.1, 0.15) is 0 Å². The van der Waals surface area contributed by atoms with Crippen LogP contribution in [0.3, 0.4) is 0 Å². The van der Waals surface area contributed by atoms with Gasteiger partial charge in [0.25, 0.3) is 0 Å². The Morgan fingerprint density at radius 1 is 1.58 bits per heavy atom. The lowest BCUT2D eigenvalue weighted by molar-refractivity contribution is -0.141. The summed E-state index contributed by atoms with van der Waals surface area (Å²) in [5, 5.41) is 8.65. The van der Waals surface area contributed by atoms with Crippen LogP contribution in [0.5, 0.6) is 0 Å². The molecule has 1 heterocycles. The molecule has 0 spiro atoms. The Morgan fingerprint density at radius 2 is 2.17 bits per heavy atom. The fourth-order valence-electron chi connectivity index (χ4n) is 1.44. The van der Waals surface area contributed by atoms with Crippen molar-refractivity contribution in [2.75, 3.05) is 6.54 Å². The van der Waals surface area contributed by atoms with Gasteiger partial charge in [0.05, 0.1) is 0 Å². The number of amides is 2. The summed E-state index contributed by atoms with van der Waals surface area (Å²) in [6.45, 7) is 3.91. The number of imide groups is 1. The van der Waals surface area contributed by atoms with E-state index in [1.54, 1.807) is 13.8 Å². The third kappa shape index (κ3) is 1.42. The van der Waals surface area contributed by atoms with Crippen LogP contribution in [0.1, 0.15) is 26.7 Å².